The molecule has 2 aromatic rings. The first-order chi connectivity index (χ1) is 11.2. The maximum Gasteiger partial charge on any atom is 0.272 e. The average molecular weight is 331 g/mol. The fourth-order valence-electron chi connectivity index (χ4n) is 2.78. The number of carbonyl (C=O) groups excluding carboxylic acids is 1. The number of hydrogen-bond donors (Lipinski definition) is 1. The minimum atomic E-state index is -0.0718. The van der Waals surface area contributed by atoms with Gasteiger partial charge in [-0.25, -0.2) is 4.98 Å². The third kappa shape index (κ3) is 4.27. The molecule has 1 saturated heterocycles. The largest absolute Gasteiger partial charge is 0.333 e. The van der Waals surface area contributed by atoms with Gasteiger partial charge in [-0.1, -0.05) is 17.7 Å². The fraction of sp³-hybridized carbons (Fsp3) is 0.353. The molecule has 1 amide bonds. The van der Waals surface area contributed by atoms with Crippen LogP contribution in [0.3, 0.4) is 0 Å². The Labute approximate surface area is 140 Å². The summed E-state index contributed by atoms with van der Waals surface area (Å²) in [5.74, 6) is 0.403. The molecule has 0 aliphatic carbocycles. The van der Waals surface area contributed by atoms with Crippen molar-refractivity contribution in [3.05, 3.63) is 59.1 Å². The molecule has 0 unspecified atom stereocenters. The number of carbonyl (C=O) groups is 1. The second kappa shape index (κ2) is 7.53. The van der Waals surface area contributed by atoms with Gasteiger partial charge in [-0.15, -0.1) is 0 Å². The Morgan fingerprint density at radius 1 is 1.35 bits per heavy atom. The lowest BCUT2D eigenvalue weighted by molar-refractivity contribution is 0.0712. The number of nitrogens with zero attached hydrogens (tertiary/aromatic N) is 3. The summed E-state index contributed by atoms with van der Waals surface area (Å²) >= 11 is 5.86. The molecule has 23 heavy (non-hydrogen) atoms. The molecule has 1 atom stereocenters. The minimum Gasteiger partial charge on any atom is -0.333 e. The third-order valence-corrected chi connectivity index (χ3v) is 4.19. The number of halogens is 1. The van der Waals surface area contributed by atoms with Crippen LogP contribution in [-0.2, 0) is 6.54 Å². The third-order valence-electron chi connectivity index (χ3n) is 3.97. The zero-order valence-electron chi connectivity index (χ0n) is 12.8. The van der Waals surface area contributed by atoms with E-state index >= 15 is 0 Å². The van der Waals surface area contributed by atoms with Gasteiger partial charge in [0.15, 0.2) is 0 Å². The van der Waals surface area contributed by atoms with E-state index in [-0.39, 0.29) is 5.91 Å². The van der Waals surface area contributed by atoms with Crippen molar-refractivity contribution in [1.29, 1.82) is 0 Å². The molecule has 6 heteroatoms. The van der Waals surface area contributed by atoms with Gasteiger partial charge < -0.3 is 10.2 Å². The van der Waals surface area contributed by atoms with Gasteiger partial charge in [-0.3, -0.25) is 9.78 Å². The Bertz CT molecular complexity index is 641. The maximum atomic E-state index is 12.8. The predicted octanol–water partition coefficient (Wildman–Crippen LogP) is 2.38. The second-order valence-electron chi connectivity index (χ2n) is 5.77. The highest BCUT2D eigenvalue weighted by atomic mass is 35.5. The summed E-state index contributed by atoms with van der Waals surface area (Å²) in [6.45, 7) is 3.21. The summed E-state index contributed by atoms with van der Waals surface area (Å²) in [6, 6.07) is 7.24. The molecular formula is C17H19ClN4O. The van der Waals surface area contributed by atoms with Gasteiger partial charge in [-0.2, -0.15) is 0 Å². The SMILES string of the molecule is O=C(c1ccc(Cl)cn1)N(Cc1cccnc1)C[C@@H]1CCNC1. The number of rotatable bonds is 5. The molecule has 1 aliphatic rings. The summed E-state index contributed by atoms with van der Waals surface area (Å²) in [4.78, 5) is 23.0. The summed E-state index contributed by atoms with van der Waals surface area (Å²) < 4.78 is 0. The monoisotopic (exact) mass is 330 g/mol. The van der Waals surface area contributed by atoms with E-state index in [1.165, 1.54) is 6.20 Å². The predicted molar refractivity (Wildman–Crippen MR) is 89.2 cm³/mol. The van der Waals surface area contributed by atoms with E-state index < -0.39 is 0 Å². The van der Waals surface area contributed by atoms with E-state index in [9.17, 15) is 4.79 Å². The number of hydrogen-bond acceptors (Lipinski definition) is 4. The molecule has 3 heterocycles. The van der Waals surface area contributed by atoms with Gasteiger partial charge in [0.05, 0.1) is 5.02 Å². The van der Waals surface area contributed by atoms with E-state index in [2.05, 4.69) is 15.3 Å². The zero-order chi connectivity index (χ0) is 16.1. The molecule has 1 fully saturated rings. The zero-order valence-corrected chi connectivity index (χ0v) is 13.5. The molecule has 0 spiro atoms. The average Bonchev–Trinajstić information content (AvgIpc) is 3.08. The second-order valence-corrected chi connectivity index (χ2v) is 6.20. The summed E-state index contributed by atoms with van der Waals surface area (Å²) in [7, 11) is 0. The van der Waals surface area contributed by atoms with E-state index in [1.54, 1.807) is 24.5 Å². The van der Waals surface area contributed by atoms with E-state index in [0.29, 0.717) is 29.7 Å². The Morgan fingerprint density at radius 3 is 2.91 bits per heavy atom. The van der Waals surface area contributed by atoms with Gasteiger partial charge in [0.25, 0.3) is 5.91 Å². The van der Waals surface area contributed by atoms with Crippen LogP contribution in [0.4, 0.5) is 0 Å². The molecule has 0 bridgehead atoms. The highest BCUT2D eigenvalue weighted by Gasteiger charge is 2.23. The van der Waals surface area contributed by atoms with E-state index in [4.69, 9.17) is 11.6 Å². The minimum absolute atomic E-state index is 0.0718. The van der Waals surface area contributed by atoms with Crippen LogP contribution in [0.5, 0.6) is 0 Å². The van der Waals surface area contributed by atoms with Crippen molar-refractivity contribution in [2.45, 2.75) is 13.0 Å². The first kappa shape index (κ1) is 15.9. The van der Waals surface area contributed by atoms with Gasteiger partial charge in [0.1, 0.15) is 5.69 Å². The lowest BCUT2D eigenvalue weighted by atomic mass is 10.1. The smallest absolute Gasteiger partial charge is 0.272 e. The topological polar surface area (TPSA) is 58.1 Å². The van der Waals surface area contributed by atoms with Gasteiger partial charge in [0.2, 0.25) is 0 Å². The van der Waals surface area contributed by atoms with Crippen LogP contribution in [0.25, 0.3) is 0 Å². The first-order valence-electron chi connectivity index (χ1n) is 7.73. The molecule has 0 aromatic carbocycles. The standard InChI is InChI=1S/C17H19ClN4O/c18-15-3-4-16(21-10-15)17(23)22(12-14-5-7-20-9-14)11-13-2-1-6-19-8-13/h1-4,6,8,10,14,20H,5,7,9,11-12H2/t14-/m1/s1. The van der Waals surface area contributed by atoms with Crippen molar-refractivity contribution in [3.8, 4) is 0 Å². The van der Waals surface area contributed by atoms with Crippen LogP contribution in [-0.4, -0.2) is 40.4 Å². The number of nitrogens with one attached hydrogen (secondary N) is 1. The number of aromatic nitrogens is 2. The van der Waals surface area contributed by atoms with Crippen LogP contribution >= 0.6 is 11.6 Å². The van der Waals surface area contributed by atoms with Gasteiger partial charge in [-0.05, 0) is 49.2 Å². The highest BCUT2D eigenvalue weighted by molar-refractivity contribution is 6.30. The molecule has 1 N–H and O–H groups in total. The molecule has 3 rings (SSSR count). The lowest BCUT2D eigenvalue weighted by Gasteiger charge is -2.25. The van der Waals surface area contributed by atoms with Crippen molar-refractivity contribution in [1.82, 2.24) is 20.2 Å². The van der Waals surface area contributed by atoms with E-state index in [0.717, 1.165) is 25.1 Å². The van der Waals surface area contributed by atoms with Crippen LogP contribution in [0.2, 0.25) is 5.02 Å². The van der Waals surface area contributed by atoms with Crippen molar-refractivity contribution < 1.29 is 4.79 Å². The quantitative estimate of drug-likeness (QED) is 0.914. The lowest BCUT2D eigenvalue weighted by Crippen LogP contribution is -2.36. The van der Waals surface area contributed by atoms with Crippen molar-refractivity contribution in [2.75, 3.05) is 19.6 Å². The number of pyridine rings is 2. The Kier molecular flexibility index (Phi) is 5.20. The van der Waals surface area contributed by atoms with Gasteiger partial charge >= 0.3 is 0 Å². The van der Waals surface area contributed by atoms with Gasteiger partial charge in [0, 0.05) is 31.7 Å². The van der Waals surface area contributed by atoms with Crippen LogP contribution in [0, 0.1) is 5.92 Å². The van der Waals surface area contributed by atoms with Crippen molar-refractivity contribution in [2.24, 2.45) is 5.92 Å². The maximum absolute atomic E-state index is 12.8. The Hall–Kier alpha value is -1.98. The molecule has 120 valence electrons. The first-order valence-corrected chi connectivity index (χ1v) is 8.10. The molecule has 0 radical (unpaired) electrons. The molecule has 1 aliphatic heterocycles. The molecular weight excluding hydrogens is 312 g/mol. The number of amides is 1. The Morgan fingerprint density at radius 2 is 2.26 bits per heavy atom. The van der Waals surface area contributed by atoms with Crippen LogP contribution < -0.4 is 5.32 Å². The van der Waals surface area contributed by atoms with E-state index in [1.807, 2.05) is 17.0 Å². The summed E-state index contributed by atoms with van der Waals surface area (Å²) in [6.07, 6.45) is 6.12. The fourth-order valence-corrected chi connectivity index (χ4v) is 2.89. The van der Waals surface area contributed by atoms with Crippen LogP contribution in [0.1, 0.15) is 22.5 Å². The summed E-state index contributed by atoms with van der Waals surface area (Å²) in [5, 5.41) is 3.87. The highest BCUT2D eigenvalue weighted by Crippen LogP contribution is 2.16. The van der Waals surface area contributed by atoms with Crippen LogP contribution in [0.15, 0.2) is 42.9 Å². The Balaban J connectivity index is 1.78. The van der Waals surface area contributed by atoms with Crippen molar-refractivity contribution >= 4 is 17.5 Å². The van der Waals surface area contributed by atoms with Crippen molar-refractivity contribution in [3.63, 3.8) is 0 Å². The summed E-state index contributed by atoms with van der Waals surface area (Å²) in [5.41, 5.74) is 1.44. The molecule has 5 nitrogen and oxygen atoms in total. The molecule has 2 aromatic heterocycles. The normalized spacial score (nSPS) is 17.2. The molecule has 0 saturated carbocycles.